The number of hydrogen-bond acceptors (Lipinski definition) is 3. The molecule has 6 nitrogen and oxygen atoms in total. The third-order valence-corrected chi connectivity index (χ3v) is 6.35. The van der Waals surface area contributed by atoms with Gasteiger partial charge >= 0.3 is 6.03 Å². The van der Waals surface area contributed by atoms with Crippen LogP contribution < -0.4 is 5.32 Å². The van der Waals surface area contributed by atoms with Gasteiger partial charge in [-0.25, -0.2) is 9.18 Å². The zero-order valence-corrected chi connectivity index (χ0v) is 19.3. The van der Waals surface area contributed by atoms with Crippen LogP contribution in [0, 0.1) is 33.5 Å². The average molecular weight is 448 g/mol. The number of ketones is 1. The van der Waals surface area contributed by atoms with E-state index < -0.39 is 17.5 Å². The highest BCUT2D eigenvalue weighted by Gasteiger charge is 2.49. The van der Waals surface area contributed by atoms with Crippen LogP contribution in [0.3, 0.4) is 0 Å². The first-order valence-electron chi connectivity index (χ1n) is 10.7. The highest BCUT2D eigenvalue weighted by atomic mass is 19.1. The molecule has 1 unspecified atom stereocenters. The van der Waals surface area contributed by atoms with Gasteiger partial charge in [0, 0.05) is 22.6 Å². The van der Waals surface area contributed by atoms with Gasteiger partial charge in [0.05, 0.1) is 6.54 Å². The quantitative estimate of drug-likeness (QED) is 0.462. The van der Waals surface area contributed by atoms with Gasteiger partial charge in [-0.05, 0) is 63.9 Å². The molecule has 1 fully saturated rings. The number of benzene rings is 2. The zero-order valence-electron chi connectivity index (χ0n) is 19.3. The Labute approximate surface area is 192 Å². The van der Waals surface area contributed by atoms with E-state index in [2.05, 4.69) is 5.32 Å². The molecule has 2 heterocycles. The predicted molar refractivity (Wildman–Crippen MR) is 123 cm³/mol. The van der Waals surface area contributed by atoms with Gasteiger partial charge in [0.2, 0.25) is 0 Å². The van der Waals surface area contributed by atoms with Gasteiger partial charge < -0.3 is 9.88 Å². The molecule has 1 atom stereocenters. The number of aromatic nitrogens is 1. The van der Waals surface area contributed by atoms with Crippen LogP contribution in [0.15, 0.2) is 48.5 Å². The van der Waals surface area contributed by atoms with E-state index in [0.29, 0.717) is 28.1 Å². The van der Waals surface area contributed by atoms with Crippen molar-refractivity contribution in [3.63, 3.8) is 0 Å². The zero-order chi connectivity index (χ0) is 24.1. The predicted octanol–water partition coefficient (Wildman–Crippen LogP) is 4.50. The van der Waals surface area contributed by atoms with Crippen molar-refractivity contribution in [1.82, 2.24) is 14.8 Å². The van der Waals surface area contributed by atoms with Crippen molar-refractivity contribution in [2.24, 2.45) is 0 Å². The van der Waals surface area contributed by atoms with Gasteiger partial charge in [0.15, 0.2) is 5.78 Å². The van der Waals surface area contributed by atoms with Crippen molar-refractivity contribution in [3.8, 4) is 5.69 Å². The second-order valence-corrected chi connectivity index (χ2v) is 8.79. The van der Waals surface area contributed by atoms with Crippen LogP contribution >= 0.6 is 0 Å². The van der Waals surface area contributed by atoms with Crippen molar-refractivity contribution in [2.75, 3.05) is 6.54 Å². The van der Waals surface area contributed by atoms with Gasteiger partial charge in [0.1, 0.15) is 11.4 Å². The number of nitrogens with one attached hydrogen (secondary N) is 1. The molecule has 1 aliphatic rings. The Morgan fingerprint density at radius 2 is 1.67 bits per heavy atom. The molecule has 170 valence electrons. The molecular weight excluding hydrogens is 421 g/mol. The largest absolute Gasteiger partial charge is 0.325 e. The fourth-order valence-corrected chi connectivity index (χ4v) is 4.32. The van der Waals surface area contributed by atoms with Gasteiger partial charge in [-0.2, -0.15) is 0 Å². The summed E-state index contributed by atoms with van der Waals surface area (Å²) in [7, 11) is 0. The van der Waals surface area contributed by atoms with Gasteiger partial charge in [-0.3, -0.25) is 14.5 Å². The lowest BCUT2D eigenvalue weighted by atomic mass is 9.91. The number of amides is 3. The summed E-state index contributed by atoms with van der Waals surface area (Å²) in [6, 6.07) is 13.3. The molecule has 1 aliphatic heterocycles. The van der Waals surface area contributed by atoms with Gasteiger partial charge in [0.25, 0.3) is 5.91 Å². The third-order valence-electron chi connectivity index (χ3n) is 6.35. The molecule has 4 rings (SSSR count). The summed E-state index contributed by atoms with van der Waals surface area (Å²) in [5.41, 5.74) is 3.35. The highest BCUT2D eigenvalue weighted by molar-refractivity contribution is 6.11. The molecule has 7 heteroatoms. The SMILES string of the molecule is Cc1ccc(C2(C)NC(=O)N(CC(=O)c3cc(C)n(-c4ccc(C)c(F)c4)c3C)C2=O)cc1. The summed E-state index contributed by atoms with van der Waals surface area (Å²) in [6.45, 7) is 8.47. The van der Waals surface area contributed by atoms with Crippen LogP contribution in [-0.4, -0.2) is 33.7 Å². The summed E-state index contributed by atoms with van der Waals surface area (Å²) in [5, 5.41) is 2.73. The molecule has 2 aromatic carbocycles. The lowest BCUT2D eigenvalue weighted by Crippen LogP contribution is -2.41. The molecule has 1 aromatic heterocycles. The lowest BCUT2D eigenvalue weighted by molar-refractivity contribution is -0.130. The van der Waals surface area contributed by atoms with Crippen LogP contribution in [0.2, 0.25) is 0 Å². The van der Waals surface area contributed by atoms with Gasteiger partial charge in [-0.15, -0.1) is 0 Å². The maximum atomic E-state index is 14.1. The number of urea groups is 1. The van der Waals surface area contributed by atoms with Crippen LogP contribution in [0.5, 0.6) is 0 Å². The fraction of sp³-hybridized carbons (Fsp3) is 0.269. The number of aryl methyl sites for hydroxylation is 3. The number of rotatable bonds is 5. The molecule has 0 radical (unpaired) electrons. The second-order valence-electron chi connectivity index (χ2n) is 8.79. The Kier molecular flexibility index (Phi) is 5.44. The molecule has 3 amide bonds. The summed E-state index contributed by atoms with van der Waals surface area (Å²) >= 11 is 0. The number of halogens is 1. The fourth-order valence-electron chi connectivity index (χ4n) is 4.32. The van der Waals surface area contributed by atoms with Crippen molar-refractivity contribution in [1.29, 1.82) is 0 Å². The van der Waals surface area contributed by atoms with E-state index in [9.17, 15) is 18.8 Å². The summed E-state index contributed by atoms with van der Waals surface area (Å²) in [5.74, 6) is -1.17. The standard InChI is InChI=1S/C26H26FN3O3/c1-15-6-9-19(10-7-15)26(5)24(32)29(25(33)28-26)14-23(31)21-12-17(3)30(18(21)4)20-11-8-16(2)22(27)13-20/h6-13H,14H2,1-5H3,(H,28,33). The Bertz CT molecular complexity index is 1290. The first-order valence-corrected chi connectivity index (χ1v) is 10.7. The van der Waals surface area contributed by atoms with Crippen molar-refractivity contribution in [3.05, 3.63) is 88.0 Å². The number of Topliss-reactive ketones (excluding diaryl/α,β-unsaturated/α-hetero) is 1. The number of carbonyl (C=O) groups excluding carboxylic acids is 3. The third kappa shape index (κ3) is 3.73. The normalized spacial score (nSPS) is 18.1. The molecule has 0 spiro atoms. The topological polar surface area (TPSA) is 71.4 Å². The monoisotopic (exact) mass is 447 g/mol. The second kappa shape index (κ2) is 7.99. The maximum Gasteiger partial charge on any atom is 0.325 e. The Morgan fingerprint density at radius 3 is 2.30 bits per heavy atom. The molecule has 0 bridgehead atoms. The van der Waals surface area contributed by atoms with E-state index in [-0.39, 0.29) is 18.1 Å². The summed E-state index contributed by atoms with van der Waals surface area (Å²) < 4.78 is 15.9. The smallest absolute Gasteiger partial charge is 0.319 e. The molecule has 0 saturated carbocycles. The van der Waals surface area contributed by atoms with E-state index in [4.69, 9.17) is 0 Å². The molecule has 1 saturated heterocycles. The van der Waals surface area contributed by atoms with Crippen molar-refractivity contribution >= 4 is 17.7 Å². The van der Waals surface area contributed by atoms with E-state index in [1.54, 1.807) is 55.7 Å². The minimum atomic E-state index is -1.23. The Hall–Kier alpha value is -3.74. The first-order chi connectivity index (χ1) is 15.5. The molecule has 3 aromatic rings. The lowest BCUT2D eigenvalue weighted by Gasteiger charge is -2.22. The molecule has 0 aliphatic carbocycles. The number of nitrogens with zero attached hydrogens (tertiary/aromatic N) is 2. The van der Waals surface area contributed by atoms with E-state index >= 15 is 0 Å². The summed E-state index contributed by atoms with van der Waals surface area (Å²) in [6.07, 6.45) is 0. The molecule has 33 heavy (non-hydrogen) atoms. The first kappa shape index (κ1) is 22.5. The Balaban J connectivity index is 1.61. The minimum absolute atomic E-state index is 0.331. The van der Waals surface area contributed by atoms with E-state index in [0.717, 1.165) is 16.2 Å². The average Bonchev–Trinajstić information content (AvgIpc) is 3.18. The van der Waals surface area contributed by atoms with Crippen molar-refractivity contribution in [2.45, 2.75) is 40.2 Å². The molecule has 1 N–H and O–H groups in total. The van der Waals surface area contributed by atoms with E-state index in [1.807, 2.05) is 26.0 Å². The van der Waals surface area contributed by atoms with Crippen LogP contribution in [0.4, 0.5) is 9.18 Å². The number of carbonyl (C=O) groups is 3. The van der Waals surface area contributed by atoms with Gasteiger partial charge in [-0.1, -0.05) is 35.9 Å². The van der Waals surface area contributed by atoms with E-state index in [1.165, 1.54) is 6.07 Å². The van der Waals surface area contributed by atoms with Crippen LogP contribution in [0.25, 0.3) is 5.69 Å². The number of hydrogen-bond donors (Lipinski definition) is 1. The van der Waals surface area contributed by atoms with Crippen LogP contribution in [0.1, 0.15) is 45.4 Å². The molecular formula is C26H26FN3O3. The minimum Gasteiger partial charge on any atom is -0.319 e. The maximum absolute atomic E-state index is 14.1. The number of imide groups is 1. The summed E-state index contributed by atoms with van der Waals surface area (Å²) in [4.78, 5) is 40.0. The Morgan fingerprint density at radius 1 is 1.00 bits per heavy atom. The highest BCUT2D eigenvalue weighted by Crippen LogP contribution is 2.30. The van der Waals surface area contributed by atoms with Crippen LogP contribution in [-0.2, 0) is 10.3 Å². The van der Waals surface area contributed by atoms with Crippen molar-refractivity contribution < 1.29 is 18.8 Å².